The second-order valence-corrected chi connectivity index (χ2v) is 2.74. The number of rotatable bonds is 0. The minimum Gasteiger partial charge on any atom is -0.318 e. The summed E-state index contributed by atoms with van der Waals surface area (Å²) < 4.78 is 0. The number of nitrogens with zero attached hydrogens (tertiary/aromatic N) is 2. The first-order chi connectivity index (χ1) is 4.60. The molecule has 1 aliphatic heterocycles. The molecule has 2 N–H and O–H groups in total. The van der Waals surface area contributed by atoms with Gasteiger partial charge in [-0.25, -0.2) is 9.98 Å². The van der Waals surface area contributed by atoms with E-state index in [0.717, 1.165) is 0 Å². The maximum absolute atomic E-state index is 5.68. The molecular formula is C6H8ClN3. The molecule has 0 saturated heterocycles. The Labute approximate surface area is 64.3 Å². The van der Waals surface area contributed by atoms with Crippen LogP contribution < -0.4 is 5.73 Å². The van der Waals surface area contributed by atoms with Crippen LogP contribution in [0.2, 0.25) is 0 Å². The van der Waals surface area contributed by atoms with Gasteiger partial charge in [0.25, 0.3) is 0 Å². The third-order valence-electron chi connectivity index (χ3n) is 1.03. The molecule has 0 aliphatic carbocycles. The second-order valence-electron chi connectivity index (χ2n) is 2.36. The number of hydrogen-bond acceptors (Lipinski definition) is 3. The standard InChI is InChI=1S/C6H8ClN3/c1-6(8)2-5(7)10-4-9-3-6/h2-4H,8H2,1H3. The molecule has 0 saturated carbocycles. The van der Waals surface area contributed by atoms with Crippen LogP contribution in [0.15, 0.2) is 21.2 Å². The fraction of sp³-hybridized carbons (Fsp3) is 0.333. The molecule has 1 atom stereocenters. The maximum atomic E-state index is 5.68. The SMILES string of the molecule is CC1(N)C=NC=NC(Cl)=C1. The third-order valence-corrected chi connectivity index (χ3v) is 1.24. The Balaban J connectivity index is 2.93. The van der Waals surface area contributed by atoms with Crippen molar-refractivity contribution in [3.8, 4) is 0 Å². The monoisotopic (exact) mass is 157 g/mol. The van der Waals surface area contributed by atoms with Gasteiger partial charge >= 0.3 is 0 Å². The molecular weight excluding hydrogens is 150 g/mol. The zero-order valence-corrected chi connectivity index (χ0v) is 6.34. The highest BCUT2D eigenvalue weighted by atomic mass is 35.5. The molecule has 1 rings (SSSR count). The minimum absolute atomic E-state index is 0.377. The molecule has 1 heterocycles. The lowest BCUT2D eigenvalue weighted by atomic mass is 10.1. The number of nitrogens with two attached hydrogens (primary N) is 1. The van der Waals surface area contributed by atoms with E-state index in [1.54, 1.807) is 19.2 Å². The van der Waals surface area contributed by atoms with Gasteiger partial charge in [-0.1, -0.05) is 11.6 Å². The highest BCUT2D eigenvalue weighted by Crippen LogP contribution is 2.10. The summed E-state index contributed by atoms with van der Waals surface area (Å²) in [4.78, 5) is 7.54. The summed E-state index contributed by atoms with van der Waals surface area (Å²) in [5.74, 6) is 0. The molecule has 54 valence electrons. The van der Waals surface area contributed by atoms with Crippen molar-refractivity contribution in [3.63, 3.8) is 0 Å². The lowest BCUT2D eigenvalue weighted by Crippen LogP contribution is -2.35. The van der Waals surface area contributed by atoms with E-state index in [0.29, 0.717) is 5.16 Å². The first-order valence-electron chi connectivity index (χ1n) is 2.84. The molecule has 0 aromatic heterocycles. The van der Waals surface area contributed by atoms with Crippen LogP contribution in [0.3, 0.4) is 0 Å². The van der Waals surface area contributed by atoms with Crippen LogP contribution in [0.5, 0.6) is 0 Å². The van der Waals surface area contributed by atoms with Crippen LogP contribution in [-0.4, -0.2) is 18.1 Å². The molecule has 3 nitrogen and oxygen atoms in total. The van der Waals surface area contributed by atoms with Crippen molar-refractivity contribution in [3.05, 3.63) is 11.2 Å². The van der Waals surface area contributed by atoms with Gasteiger partial charge in [0, 0.05) is 6.21 Å². The summed E-state index contributed by atoms with van der Waals surface area (Å²) in [5, 5.41) is 0.377. The Morgan fingerprint density at radius 1 is 1.70 bits per heavy atom. The lowest BCUT2D eigenvalue weighted by molar-refractivity contribution is 0.799. The summed E-state index contributed by atoms with van der Waals surface area (Å²) in [6, 6.07) is 0. The van der Waals surface area contributed by atoms with Crippen molar-refractivity contribution in [2.24, 2.45) is 15.7 Å². The van der Waals surface area contributed by atoms with Gasteiger partial charge in [0.15, 0.2) is 0 Å². The highest BCUT2D eigenvalue weighted by Gasteiger charge is 2.13. The number of hydrogen-bond donors (Lipinski definition) is 1. The molecule has 4 heteroatoms. The molecule has 0 radical (unpaired) electrons. The molecule has 1 aliphatic rings. The van der Waals surface area contributed by atoms with E-state index in [2.05, 4.69) is 9.98 Å². The van der Waals surface area contributed by atoms with Crippen molar-refractivity contribution in [2.45, 2.75) is 12.5 Å². The van der Waals surface area contributed by atoms with Crippen LogP contribution in [-0.2, 0) is 0 Å². The zero-order chi connectivity index (χ0) is 7.61. The van der Waals surface area contributed by atoms with E-state index in [-0.39, 0.29) is 0 Å². The molecule has 10 heavy (non-hydrogen) atoms. The average Bonchev–Trinajstić information content (AvgIpc) is 1.90. The quantitative estimate of drug-likeness (QED) is 0.522. The summed E-state index contributed by atoms with van der Waals surface area (Å²) >= 11 is 5.61. The third kappa shape index (κ3) is 1.93. The molecule has 0 aromatic carbocycles. The predicted octanol–water partition coefficient (Wildman–Crippen LogP) is 0.897. The Morgan fingerprint density at radius 3 is 3.10 bits per heavy atom. The van der Waals surface area contributed by atoms with Crippen molar-refractivity contribution in [2.75, 3.05) is 0 Å². The summed E-state index contributed by atoms with van der Waals surface area (Å²) in [6.45, 7) is 1.80. The van der Waals surface area contributed by atoms with E-state index in [9.17, 15) is 0 Å². The van der Waals surface area contributed by atoms with Crippen LogP contribution in [0, 0.1) is 0 Å². The minimum atomic E-state index is -0.576. The number of halogens is 1. The van der Waals surface area contributed by atoms with E-state index < -0.39 is 5.54 Å². The van der Waals surface area contributed by atoms with E-state index in [4.69, 9.17) is 17.3 Å². The van der Waals surface area contributed by atoms with E-state index in [1.807, 2.05) is 0 Å². The van der Waals surface area contributed by atoms with Gasteiger partial charge in [-0.15, -0.1) is 0 Å². The average molecular weight is 158 g/mol. The summed E-state index contributed by atoms with van der Waals surface area (Å²) in [7, 11) is 0. The molecule has 0 fully saturated rings. The van der Waals surface area contributed by atoms with Gasteiger partial charge in [0.2, 0.25) is 0 Å². The van der Waals surface area contributed by atoms with Crippen molar-refractivity contribution in [1.29, 1.82) is 0 Å². The topological polar surface area (TPSA) is 50.7 Å². The maximum Gasteiger partial charge on any atom is 0.129 e. The normalized spacial score (nSPS) is 31.7. The Morgan fingerprint density at radius 2 is 2.40 bits per heavy atom. The van der Waals surface area contributed by atoms with Gasteiger partial charge in [0.1, 0.15) is 11.5 Å². The first-order valence-corrected chi connectivity index (χ1v) is 3.22. The predicted molar refractivity (Wildman–Crippen MR) is 43.5 cm³/mol. The lowest BCUT2D eigenvalue weighted by Gasteiger charge is -2.11. The van der Waals surface area contributed by atoms with Crippen LogP contribution >= 0.6 is 11.6 Å². The van der Waals surface area contributed by atoms with Gasteiger partial charge in [-0.3, -0.25) is 0 Å². The zero-order valence-electron chi connectivity index (χ0n) is 5.58. The first kappa shape index (κ1) is 7.44. The largest absolute Gasteiger partial charge is 0.318 e. The summed E-state index contributed by atoms with van der Waals surface area (Å²) in [6.07, 6.45) is 4.60. The molecule has 0 aromatic rings. The number of aliphatic imine (C=N–C) groups is 2. The van der Waals surface area contributed by atoms with Crippen LogP contribution in [0.4, 0.5) is 0 Å². The Bertz CT molecular complexity index is 215. The molecule has 1 unspecified atom stereocenters. The van der Waals surface area contributed by atoms with E-state index in [1.165, 1.54) is 6.34 Å². The van der Waals surface area contributed by atoms with Crippen LogP contribution in [0.1, 0.15) is 6.92 Å². The van der Waals surface area contributed by atoms with Crippen molar-refractivity contribution >= 4 is 24.2 Å². The van der Waals surface area contributed by atoms with Gasteiger partial charge < -0.3 is 5.73 Å². The second kappa shape index (κ2) is 2.52. The van der Waals surface area contributed by atoms with Crippen molar-refractivity contribution < 1.29 is 0 Å². The van der Waals surface area contributed by atoms with Gasteiger partial charge in [0.05, 0.1) is 5.54 Å². The Hall–Kier alpha value is -0.670. The molecule has 0 bridgehead atoms. The van der Waals surface area contributed by atoms with E-state index >= 15 is 0 Å². The molecule has 0 spiro atoms. The fourth-order valence-electron chi connectivity index (χ4n) is 0.614. The smallest absolute Gasteiger partial charge is 0.129 e. The van der Waals surface area contributed by atoms with Gasteiger partial charge in [-0.2, -0.15) is 0 Å². The Kier molecular flexibility index (Phi) is 1.87. The summed E-state index contributed by atoms with van der Waals surface area (Å²) in [5.41, 5.74) is 5.10. The molecule has 0 amide bonds. The highest BCUT2D eigenvalue weighted by molar-refractivity contribution is 6.30. The van der Waals surface area contributed by atoms with Crippen LogP contribution in [0.25, 0.3) is 0 Å². The fourth-order valence-corrected chi connectivity index (χ4v) is 0.892. The van der Waals surface area contributed by atoms with Gasteiger partial charge in [-0.05, 0) is 13.0 Å². The van der Waals surface area contributed by atoms with Crippen molar-refractivity contribution in [1.82, 2.24) is 0 Å².